The summed E-state index contributed by atoms with van der Waals surface area (Å²) in [6.07, 6.45) is 3.31. The lowest BCUT2D eigenvalue weighted by Gasteiger charge is -2.24. The molecule has 0 N–H and O–H groups in total. The molecule has 1 aliphatic rings. The number of hydrogen-bond donors (Lipinski definition) is 0. The summed E-state index contributed by atoms with van der Waals surface area (Å²) in [4.78, 5) is 38.9. The van der Waals surface area contributed by atoms with Crippen LogP contribution in [0.3, 0.4) is 0 Å². The number of rotatable bonds is 4. The molecule has 0 aliphatic carbocycles. The van der Waals surface area contributed by atoms with Crippen molar-refractivity contribution in [1.82, 2.24) is 14.7 Å². The molecule has 1 amide bonds. The second-order valence-corrected chi connectivity index (χ2v) is 6.97. The van der Waals surface area contributed by atoms with E-state index in [0.717, 1.165) is 25.7 Å². The first-order valence-electron chi connectivity index (χ1n) is 9.40. The van der Waals surface area contributed by atoms with Crippen LogP contribution in [0.25, 0.3) is 10.8 Å². The first kappa shape index (κ1) is 19.1. The number of carbonyl (C=O) groups excluding carboxylic acids is 2. The molecule has 1 fully saturated rings. The van der Waals surface area contributed by atoms with Gasteiger partial charge in [0.15, 0.2) is 6.10 Å². The normalized spacial score (nSPS) is 16.0. The van der Waals surface area contributed by atoms with E-state index in [2.05, 4.69) is 5.10 Å². The first-order chi connectivity index (χ1) is 13.0. The Morgan fingerprint density at radius 2 is 1.74 bits per heavy atom. The quantitative estimate of drug-likeness (QED) is 0.766. The molecule has 1 atom stereocenters. The fraction of sp³-hybridized carbons (Fsp3) is 0.500. The van der Waals surface area contributed by atoms with E-state index in [1.807, 2.05) is 0 Å². The summed E-state index contributed by atoms with van der Waals surface area (Å²) in [5.74, 6) is -0.675. The van der Waals surface area contributed by atoms with Crippen LogP contribution in [0.4, 0.5) is 0 Å². The molecular formula is C20H25N3O4. The van der Waals surface area contributed by atoms with Crippen molar-refractivity contribution < 1.29 is 14.3 Å². The summed E-state index contributed by atoms with van der Waals surface area (Å²) >= 11 is 0. The highest BCUT2D eigenvalue weighted by molar-refractivity contribution is 5.88. The molecule has 2 aromatic rings. The number of carbonyl (C=O) groups is 2. The van der Waals surface area contributed by atoms with Crippen LogP contribution in [0.15, 0.2) is 29.1 Å². The Balaban J connectivity index is 1.70. The summed E-state index contributed by atoms with van der Waals surface area (Å²) in [5, 5.41) is 5.34. The van der Waals surface area contributed by atoms with Crippen LogP contribution < -0.4 is 5.56 Å². The predicted octanol–water partition coefficient (Wildman–Crippen LogP) is 1.81. The minimum absolute atomic E-state index is 0.0910. The summed E-state index contributed by atoms with van der Waals surface area (Å²) in [7, 11) is 1.55. The van der Waals surface area contributed by atoms with Gasteiger partial charge in [0.1, 0.15) is 0 Å². The largest absolute Gasteiger partial charge is 0.452 e. The standard InChI is InChI=1S/C20H25N3O4/c1-14(19(25)23-11-7-3-4-8-12-23)27-18(24)13-17-15-9-5-6-10-16(15)20(26)22(2)21-17/h5-6,9-10,14H,3-4,7-8,11-13H2,1-2H3/t14-/m0/s1. The van der Waals surface area contributed by atoms with Gasteiger partial charge in [0.25, 0.3) is 11.5 Å². The van der Waals surface area contributed by atoms with E-state index >= 15 is 0 Å². The zero-order chi connectivity index (χ0) is 19.4. The topological polar surface area (TPSA) is 81.5 Å². The van der Waals surface area contributed by atoms with Crippen LogP contribution >= 0.6 is 0 Å². The van der Waals surface area contributed by atoms with Gasteiger partial charge in [0.05, 0.1) is 17.5 Å². The fourth-order valence-electron chi connectivity index (χ4n) is 3.48. The SMILES string of the molecule is C[C@H](OC(=O)Cc1nn(C)c(=O)c2ccccc12)C(=O)N1CCCCCC1. The molecule has 2 heterocycles. The third-order valence-electron chi connectivity index (χ3n) is 4.92. The minimum atomic E-state index is -0.825. The maximum atomic E-state index is 12.5. The van der Waals surface area contributed by atoms with Crippen molar-refractivity contribution in [2.24, 2.45) is 7.05 Å². The highest BCUT2D eigenvalue weighted by Gasteiger charge is 2.25. The zero-order valence-electron chi connectivity index (χ0n) is 15.8. The average molecular weight is 371 g/mol. The maximum absolute atomic E-state index is 12.5. The summed E-state index contributed by atoms with van der Waals surface area (Å²) in [5.41, 5.74) is 0.250. The van der Waals surface area contributed by atoms with Gasteiger partial charge in [-0.05, 0) is 25.8 Å². The van der Waals surface area contributed by atoms with E-state index in [4.69, 9.17) is 4.74 Å². The Kier molecular flexibility index (Phi) is 5.88. The van der Waals surface area contributed by atoms with Gasteiger partial charge in [-0.2, -0.15) is 5.10 Å². The molecule has 0 spiro atoms. The molecule has 1 aromatic carbocycles. The summed E-state index contributed by atoms with van der Waals surface area (Å²) in [6.45, 7) is 3.04. The molecule has 0 bridgehead atoms. The lowest BCUT2D eigenvalue weighted by atomic mass is 10.1. The molecule has 1 aromatic heterocycles. The Bertz CT molecular complexity index is 898. The minimum Gasteiger partial charge on any atom is -0.452 e. The molecule has 0 unspecified atom stereocenters. The van der Waals surface area contributed by atoms with Crippen LogP contribution in [0.2, 0.25) is 0 Å². The molecular weight excluding hydrogens is 346 g/mol. The van der Waals surface area contributed by atoms with Gasteiger partial charge in [-0.15, -0.1) is 0 Å². The Hall–Kier alpha value is -2.70. The molecule has 144 valence electrons. The van der Waals surface area contributed by atoms with Crippen LogP contribution in [0, 0.1) is 0 Å². The first-order valence-corrected chi connectivity index (χ1v) is 9.40. The second kappa shape index (κ2) is 8.33. The summed E-state index contributed by atoms with van der Waals surface area (Å²) in [6, 6.07) is 7.04. The third kappa shape index (κ3) is 4.35. The van der Waals surface area contributed by atoms with Crippen LogP contribution in [0.5, 0.6) is 0 Å². The van der Waals surface area contributed by atoms with E-state index in [1.165, 1.54) is 4.68 Å². The molecule has 0 radical (unpaired) electrons. The number of esters is 1. The van der Waals surface area contributed by atoms with E-state index in [9.17, 15) is 14.4 Å². The van der Waals surface area contributed by atoms with Crippen LogP contribution in [0.1, 0.15) is 38.3 Å². The zero-order valence-corrected chi connectivity index (χ0v) is 15.8. The van der Waals surface area contributed by atoms with E-state index in [1.54, 1.807) is 43.1 Å². The lowest BCUT2D eigenvalue weighted by molar-refractivity contribution is -0.158. The van der Waals surface area contributed by atoms with Crippen molar-refractivity contribution in [3.63, 3.8) is 0 Å². The van der Waals surface area contributed by atoms with E-state index in [-0.39, 0.29) is 17.9 Å². The maximum Gasteiger partial charge on any atom is 0.312 e. The van der Waals surface area contributed by atoms with Gasteiger partial charge in [0.2, 0.25) is 0 Å². The predicted molar refractivity (Wildman–Crippen MR) is 101 cm³/mol. The molecule has 7 heteroatoms. The third-order valence-corrected chi connectivity index (χ3v) is 4.92. The number of aromatic nitrogens is 2. The molecule has 1 aliphatic heterocycles. The monoisotopic (exact) mass is 371 g/mol. The van der Waals surface area contributed by atoms with Gasteiger partial charge in [-0.3, -0.25) is 14.4 Å². The molecule has 7 nitrogen and oxygen atoms in total. The van der Waals surface area contributed by atoms with E-state index < -0.39 is 12.1 Å². The van der Waals surface area contributed by atoms with Crippen LogP contribution in [-0.2, 0) is 27.8 Å². The number of benzene rings is 1. The number of amides is 1. The number of nitrogens with zero attached hydrogens (tertiary/aromatic N) is 3. The highest BCUT2D eigenvalue weighted by Crippen LogP contribution is 2.15. The number of aryl methyl sites for hydroxylation is 1. The van der Waals surface area contributed by atoms with E-state index in [0.29, 0.717) is 29.6 Å². The second-order valence-electron chi connectivity index (χ2n) is 6.97. The van der Waals surface area contributed by atoms with Crippen molar-refractivity contribution in [2.75, 3.05) is 13.1 Å². The average Bonchev–Trinajstić information content (AvgIpc) is 2.94. The number of ether oxygens (including phenoxy) is 1. The molecule has 1 saturated heterocycles. The Morgan fingerprint density at radius 1 is 1.11 bits per heavy atom. The fourth-order valence-corrected chi connectivity index (χ4v) is 3.48. The Labute approximate surface area is 157 Å². The van der Waals surface area contributed by atoms with Gasteiger partial charge in [-0.1, -0.05) is 31.0 Å². The van der Waals surface area contributed by atoms with Crippen LogP contribution in [-0.4, -0.2) is 45.8 Å². The van der Waals surface area contributed by atoms with Crippen molar-refractivity contribution in [3.05, 3.63) is 40.3 Å². The van der Waals surface area contributed by atoms with Crippen molar-refractivity contribution in [3.8, 4) is 0 Å². The van der Waals surface area contributed by atoms with Gasteiger partial charge < -0.3 is 9.64 Å². The molecule has 0 saturated carbocycles. The number of likely N-dealkylation sites (tertiary alicyclic amines) is 1. The van der Waals surface area contributed by atoms with Gasteiger partial charge in [-0.25, -0.2) is 4.68 Å². The molecule has 3 rings (SSSR count). The molecule has 27 heavy (non-hydrogen) atoms. The highest BCUT2D eigenvalue weighted by atomic mass is 16.5. The van der Waals surface area contributed by atoms with Gasteiger partial charge in [0, 0.05) is 25.5 Å². The lowest BCUT2D eigenvalue weighted by Crippen LogP contribution is -2.40. The number of hydrogen-bond acceptors (Lipinski definition) is 5. The summed E-state index contributed by atoms with van der Waals surface area (Å²) < 4.78 is 6.59. The van der Waals surface area contributed by atoms with Crippen molar-refractivity contribution in [1.29, 1.82) is 0 Å². The van der Waals surface area contributed by atoms with Crippen molar-refractivity contribution >= 4 is 22.6 Å². The Morgan fingerprint density at radius 3 is 2.41 bits per heavy atom. The van der Waals surface area contributed by atoms with Crippen molar-refractivity contribution in [2.45, 2.75) is 45.1 Å². The smallest absolute Gasteiger partial charge is 0.312 e. The number of fused-ring (bicyclic) bond motifs is 1. The van der Waals surface area contributed by atoms with Gasteiger partial charge >= 0.3 is 5.97 Å².